The van der Waals surface area contributed by atoms with Gasteiger partial charge in [0.1, 0.15) is 9.77 Å². The van der Waals surface area contributed by atoms with E-state index in [4.69, 9.17) is 14.6 Å². The standard InChI is InChI=1S/C16H10N2O7S3/c19-14-11(6-8-1-2-9-10(5-8)25-7-24-9)27-16(17-14)18-28(22,23)12-3-4-26-13(12)15(20)21/h1-6H,7H2,(H,20,21)(H,17,18,19)/b11-6-. The molecule has 3 heterocycles. The number of thiophene rings is 1. The van der Waals surface area contributed by atoms with Crippen molar-refractivity contribution >= 4 is 56.2 Å². The molecule has 9 nitrogen and oxygen atoms in total. The van der Waals surface area contributed by atoms with Crippen LogP contribution in [0, 0.1) is 0 Å². The lowest BCUT2D eigenvalue weighted by atomic mass is 10.2. The fraction of sp³-hybridized carbons (Fsp3) is 0.0625. The molecular formula is C16H10N2O7S3. The fourth-order valence-corrected chi connectivity index (χ4v) is 5.67. The Hall–Kier alpha value is -2.83. The summed E-state index contributed by atoms with van der Waals surface area (Å²) in [4.78, 5) is 22.8. The third-order valence-electron chi connectivity index (χ3n) is 3.65. The lowest BCUT2D eigenvalue weighted by Gasteiger charge is -1.99. The molecular weight excluding hydrogens is 428 g/mol. The van der Waals surface area contributed by atoms with Crippen molar-refractivity contribution in [2.24, 2.45) is 4.40 Å². The summed E-state index contributed by atoms with van der Waals surface area (Å²) in [5.41, 5.74) is 0.664. The SMILES string of the molecule is O=C1N/C(=N\S(=O)(=O)c2ccsc2C(=O)O)S/C1=C\c1ccc2c(c1)OCO2. The number of carbonyl (C=O) groups is 2. The number of fused-ring (bicyclic) bond motifs is 1. The van der Waals surface area contributed by atoms with Gasteiger partial charge >= 0.3 is 5.97 Å². The van der Waals surface area contributed by atoms with Crippen LogP contribution in [0.1, 0.15) is 15.2 Å². The molecule has 1 amide bonds. The summed E-state index contributed by atoms with van der Waals surface area (Å²) >= 11 is 1.62. The molecule has 2 N–H and O–H groups in total. The molecule has 0 bridgehead atoms. The largest absolute Gasteiger partial charge is 0.477 e. The Bertz CT molecular complexity index is 1160. The molecule has 12 heteroatoms. The molecule has 2 aliphatic rings. The van der Waals surface area contributed by atoms with E-state index in [-0.39, 0.29) is 21.7 Å². The number of amides is 1. The number of sulfonamides is 1. The minimum atomic E-state index is -4.29. The van der Waals surface area contributed by atoms with E-state index in [0.717, 1.165) is 29.2 Å². The van der Waals surface area contributed by atoms with Crippen LogP contribution in [0.3, 0.4) is 0 Å². The summed E-state index contributed by atoms with van der Waals surface area (Å²) in [7, 11) is -4.29. The highest BCUT2D eigenvalue weighted by atomic mass is 32.2. The Morgan fingerprint density at radius 3 is 2.82 bits per heavy atom. The molecule has 0 radical (unpaired) electrons. The fourth-order valence-electron chi connectivity index (χ4n) is 2.44. The number of amidine groups is 1. The second kappa shape index (κ2) is 6.96. The summed E-state index contributed by atoms with van der Waals surface area (Å²) in [6.45, 7) is 0.125. The molecule has 1 aromatic heterocycles. The number of rotatable bonds is 4. The number of nitrogens with one attached hydrogen (secondary N) is 1. The van der Waals surface area contributed by atoms with E-state index in [2.05, 4.69) is 9.71 Å². The van der Waals surface area contributed by atoms with Crippen LogP contribution in [0.25, 0.3) is 6.08 Å². The van der Waals surface area contributed by atoms with Gasteiger partial charge in [-0.1, -0.05) is 6.07 Å². The topological polar surface area (TPSA) is 131 Å². The lowest BCUT2D eigenvalue weighted by molar-refractivity contribution is -0.115. The Balaban J connectivity index is 1.60. The summed E-state index contributed by atoms with van der Waals surface area (Å²) < 4.78 is 38.9. The van der Waals surface area contributed by atoms with Crippen LogP contribution in [0.5, 0.6) is 11.5 Å². The van der Waals surface area contributed by atoms with Crippen molar-refractivity contribution in [3.63, 3.8) is 0 Å². The number of benzene rings is 1. The third-order valence-corrected chi connectivity index (χ3v) is 7.03. The molecule has 0 atom stereocenters. The molecule has 0 unspecified atom stereocenters. The number of thioether (sulfide) groups is 1. The molecule has 28 heavy (non-hydrogen) atoms. The van der Waals surface area contributed by atoms with Gasteiger partial charge in [0.05, 0.1) is 4.91 Å². The van der Waals surface area contributed by atoms with E-state index in [9.17, 15) is 18.0 Å². The van der Waals surface area contributed by atoms with E-state index in [1.165, 1.54) is 5.38 Å². The van der Waals surface area contributed by atoms with Crippen LogP contribution in [-0.4, -0.2) is 37.4 Å². The van der Waals surface area contributed by atoms with E-state index in [0.29, 0.717) is 17.1 Å². The van der Waals surface area contributed by atoms with Crippen molar-refractivity contribution in [3.05, 3.63) is 45.0 Å². The predicted octanol–water partition coefficient (Wildman–Crippen LogP) is 2.12. The van der Waals surface area contributed by atoms with Crippen LogP contribution in [-0.2, 0) is 14.8 Å². The molecule has 1 aromatic carbocycles. The van der Waals surface area contributed by atoms with Crippen molar-refractivity contribution in [1.82, 2.24) is 5.32 Å². The van der Waals surface area contributed by atoms with Crippen molar-refractivity contribution in [2.45, 2.75) is 4.90 Å². The summed E-state index contributed by atoms with van der Waals surface area (Å²) in [6, 6.07) is 6.29. The highest BCUT2D eigenvalue weighted by Crippen LogP contribution is 2.35. The highest BCUT2D eigenvalue weighted by Gasteiger charge is 2.29. The van der Waals surface area contributed by atoms with Crippen LogP contribution in [0.4, 0.5) is 0 Å². The van der Waals surface area contributed by atoms with Crippen molar-refractivity contribution in [3.8, 4) is 11.5 Å². The highest BCUT2D eigenvalue weighted by molar-refractivity contribution is 8.19. The number of aromatic carboxylic acids is 1. The van der Waals surface area contributed by atoms with Crippen LogP contribution < -0.4 is 14.8 Å². The monoisotopic (exact) mass is 438 g/mol. The third kappa shape index (κ3) is 3.48. The van der Waals surface area contributed by atoms with Gasteiger partial charge in [-0.3, -0.25) is 10.1 Å². The number of carboxylic acids is 1. The Kier molecular flexibility index (Phi) is 4.61. The van der Waals surface area contributed by atoms with E-state index < -0.39 is 26.8 Å². The Morgan fingerprint density at radius 2 is 2.04 bits per heavy atom. The number of carbonyl (C=O) groups excluding carboxylic acids is 1. The van der Waals surface area contributed by atoms with Gasteiger partial charge < -0.3 is 14.6 Å². The van der Waals surface area contributed by atoms with Gasteiger partial charge in [-0.25, -0.2) is 4.79 Å². The maximum atomic E-state index is 12.4. The molecule has 0 spiro atoms. The van der Waals surface area contributed by atoms with Crippen LogP contribution >= 0.6 is 23.1 Å². The second-order valence-electron chi connectivity index (χ2n) is 5.47. The van der Waals surface area contributed by atoms with Crippen molar-refractivity contribution < 1.29 is 32.6 Å². The molecule has 2 aliphatic heterocycles. The summed E-state index contributed by atoms with van der Waals surface area (Å²) in [5, 5.41) is 12.7. The maximum Gasteiger partial charge on any atom is 0.347 e. The first-order valence-electron chi connectivity index (χ1n) is 7.60. The van der Waals surface area contributed by atoms with Crippen LogP contribution in [0.15, 0.2) is 43.8 Å². The first kappa shape index (κ1) is 18.5. The molecule has 1 saturated heterocycles. The predicted molar refractivity (Wildman–Crippen MR) is 102 cm³/mol. The Labute approximate surface area is 166 Å². The molecule has 0 aliphatic carbocycles. The summed E-state index contributed by atoms with van der Waals surface area (Å²) in [6.07, 6.45) is 1.56. The molecule has 1 fully saturated rings. The van der Waals surface area contributed by atoms with Gasteiger partial charge in [0.25, 0.3) is 15.9 Å². The van der Waals surface area contributed by atoms with Gasteiger partial charge in [-0.2, -0.15) is 8.42 Å². The number of nitrogens with zero attached hydrogens (tertiary/aromatic N) is 1. The quantitative estimate of drug-likeness (QED) is 0.694. The molecule has 2 aromatic rings. The Morgan fingerprint density at radius 1 is 1.25 bits per heavy atom. The zero-order valence-corrected chi connectivity index (χ0v) is 16.2. The van der Waals surface area contributed by atoms with Crippen molar-refractivity contribution in [2.75, 3.05) is 6.79 Å². The summed E-state index contributed by atoms with van der Waals surface area (Å²) in [5.74, 6) is -0.724. The lowest BCUT2D eigenvalue weighted by Crippen LogP contribution is -2.21. The number of ether oxygens (including phenoxy) is 2. The van der Waals surface area contributed by atoms with Gasteiger partial charge in [0.15, 0.2) is 16.7 Å². The average molecular weight is 438 g/mol. The maximum absolute atomic E-state index is 12.4. The van der Waals surface area contributed by atoms with E-state index >= 15 is 0 Å². The van der Waals surface area contributed by atoms with Crippen molar-refractivity contribution in [1.29, 1.82) is 0 Å². The average Bonchev–Trinajstić information content (AvgIpc) is 3.35. The second-order valence-corrected chi connectivity index (χ2v) is 8.99. The zero-order valence-electron chi connectivity index (χ0n) is 13.7. The number of carboxylic acid groups (broad SMARTS) is 1. The minimum absolute atomic E-state index is 0.125. The number of hydrogen-bond acceptors (Lipinski definition) is 8. The van der Waals surface area contributed by atoms with Gasteiger partial charge in [0, 0.05) is 0 Å². The molecule has 4 rings (SSSR count). The van der Waals surface area contributed by atoms with Gasteiger partial charge in [-0.15, -0.1) is 15.7 Å². The zero-order chi connectivity index (χ0) is 19.9. The van der Waals surface area contributed by atoms with E-state index in [1.807, 2.05) is 0 Å². The molecule has 144 valence electrons. The van der Waals surface area contributed by atoms with Gasteiger partial charge in [-0.05, 0) is 47.0 Å². The molecule has 0 saturated carbocycles. The minimum Gasteiger partial charge on any atom is -0.477 e. The first-order chi connectivity index (χ1) is 13.3. The normalized spacial score (nSPS) is 18.6. The first-order valence-corrected chi connectivity index (χ1v) is 10.7. The van der Waals surface area contributed by atoms with Gasteiger partial charge in [0.2, 0.25) is 6.79 Å². The van der Waals surface area contributed by atoms with Crippen LogP contribution in [0.2, 0.25) is 0 Å². The van der Waals surface area contributed by atoms with E-state index in [1.54, 1.807) is 24.3 Å². The number of hydrogen-bond donors (Lipinski definition) is 2. The smallest absolute Gasteiger partial charge is 0.347 e.